The Morgan fingerprint density at radius 1 is 0.875 bits per heavy atom. The number of pyridine rings is 3. The molecule has 0 saturated carbocycles. The van der Waals surface area contributed by atoms with Gasteiger partial charge in [-0.15, -0.1) is 0 Å². The highest BCUT2D eigenvalue weighted by molar-refractivity contribution is 5.96. The molecule has 0 radical (unpaired) electrons. The van der Waals surface area contributed by atoms with Crippen LogP contribution in [-0.2, 0) is 0 Å². The molecule has 0 aliphatic heterocycles. The number of H-pyrrole nitrogens is 2. The molecule has 0 bridgehead atoms. The Bertz CT molecular complexity index is 1120. The Hall–Kier alpha value is -3.54. The summed E-state index contributed by atoms with van der Waals surface area (Å²) in [6.45, 7) is 0. The second-order valence-electron chi connectivity index (χ2n) is 5.54. The van der Waals surface area contributed by atoms with Crippen molar-refractivity contribution >= 4 is 21.9 Å². The average Bonchev–Trinajstić information content (AvgIpc) is 3.25. The Balaban J connectivity index is 1.71. The third-order valence-corrected chi connectivity index (χ3v) is 4.07. The van der Waals surface area contributed by atoms with Gasteiger partial charge in [0, 0.05) is 29.5 Å². The van der Waals surface area contributed by atoms with Crippen molar-refractivity contribution in [2.24, 2.45) is 0 Å². The first kappa shape index (κ1) is 13.0. The van der Waals surface area contributed by atoms with Crippen LogP contribution in [-0.4, -0.2) is 30.1 Å². The lowest BCUT2D eigenvalue weighted by Gasteiger charge is -2.00. The van der Waals surface area contributed by atoms with Crippen molar-refractivity contribution in [3.63, 3.8) is 0 Å². The van der Waals surface area contributed by atoms with Crippen LogP contribution in [0.15, 0.2) is 61.2 Å². The van der Waals surface area contributed by atoms with Crippen LogP contribution in [0.2, 0.25) is 0 Å². The first-order valence-corrected chi connectivity index (χ1v) is 7.57. The molecule has 5 aromatic heterocycles. The van der Waals surface area contributed by atoms with E-state index < -0.39 is 0 Å². The van der Waals surface area contributed by atoms with Crippen molar-refractivity contribution in [2.45, 2.75) is 0 Å². The quantitative estimate of drug-likeness (QED) is 0.522. The third kappa shape index (κ3) is 1.97. The van der Waals surface area contributed by atoms with Crippen LogP contribution in [0.3, 0.4) is 0 Å². The van der Waals surface area contributed by atoms with Gasteiger partial charge in [0.25, 0.3) is 0 Å². The molecule has 24 heavy (non-hydrogen) atoms. The predicted octanol–water partition coefficient (Wildman–Crippen LogP) is 3.56. The maximum atomic E-state index is 4.51. The number of nitrogens with zero attached hydrogens (tertiary/aromatic N) is 4. The maximum absolute atomic E-state index is 4.51. The van der Waals surface area contributed by atoms with E-state index in [1.807, 2.05) is 42.6 Å². The highest BCUT2D eigenvalue weighted by Crippen LogP contribution is 2.29. The summed E-state index contributed by atoms with van der Waals surface area (Å²) in [6.07, 6.45) is 7.12. The van der Waals surface area contributed by atoms with Crippen LogP contribution < -0.4 is 0 Å². The summed E-state index contributed by atoms with van der Waals surface area (Å²) in [4.78, 5) is 16.3. The highest BCUT2D eigenvalue weighted by Gasteiger charge is 2.13. The number of hydrogen-bond donors (Lipinski definition) is 2. The van der Waals surface area contributed by atoms with E-state index in [2.05, 4.69) is 30.1 Å². The zero-order valence-electron chi connectivity index (χ0n) is 12.6. The second-order valence-corrected chi connectivity index (χ2v) is 5.54. The summed E-state index contributed by atoms with van der Waals surface area (Å²) in [6, 6.07) is 11.9. The third-order valence-electron chi connectivity index (χ3n) is 4.07. The summed E-state index contributed by atoms with van der Waals surface area (Å²) in [5, 5.41) is 8.52. The highest BCUT2D eigenvalue weighted by atomic mass is 15.1. The number of fused-ring (bicyclic) bond motifs is 2. The van der Waals surface area contributed by atoms with Crippen LogP contribution in [0.4, 0.5) is 0 Å². The number of nitrogens with one attached hydrogen (secondary N) is 2. The fourth-order valence-corrected chi connectivity index (χ4v) is 2.89. The maximum Gasteiger partial charge on any atom is 0.116 e. The Morgan fingerprint density at radius 2 is 1.79 bits per heavy atom. The van der Waals surface area contributed by atoms with Gasteiger partial charge in [-0.3, -0.25) is 20.1 Å². The van der Waals surface area contributed by atoms with Gasteiger partial charge >= 0.3 is 0 Å². The summed E-state index contributed by atoms with van der Waals surface area (Å²) < 4.78 is 0. The van der Waals surface area contributed by atoms with E-state index in [4.69, 9.17) is 0 Å². The van der Waals surface area contributed by atoms with Crippen molar-refractivity contribution in [1.29, 1.82) is 0 Å². The summed E-state index contributed by atoms with van der Waals surface area (Å²) in [7, 11) is 0. The minimum atomic E-state index is 0.862. The molecule has 0 amide bonds. The molecule has 6 heteroatoms. The van der Waals surface area contributed by atoms with E-state index in [1.54, 1.807) is 18.6 Å². The van der Waals surface area contributed by atoms with Gasteiger partial charge in [0.1, 0.15) is 5.69 Å². The first-order valence-electron chi connectivity index (χ1n) is 7.57. The van der Waals surface area contributed by atoms with Crippen molar-refractivity contribution in [2.75, 3.05) is 0 Å². The lowest BCUT2D eigenvalue weighted by atomic mass is 10.1. The smallest absolute Gasteiger partial charge is 0.116 e. The Labute approximate surface area is 136 Å². The van der Waals surface area contributed by atoms with E-state index in [1.165, 1.54) is 0 Å². The Morgan fingerprint density at radius 3 is 2.67 bits per heavy atom. The molecule has 0 aromatic carbocycles. The molecule has 0 spiro atoms. The molecule has 0 unspecified atom stereocenters. The van der Waals surface area contributed by atoms with E-state index in [9.17, 15) is 0 Å². The van der Waals surface area contributed by atoms with Crippen molar-refractivity contribution in [1.82, 2.24) is 30.1 Å². The second kappa shape index (κ2) is 4.99. The molecular formula is C18H12N6. The molecule has 5 aromatic rings. The normalized spacial score (nSPS) is 11.3. The van der Waals surface area contributed by atoms with Crippen molar-refractivity contribution in [3.05, 3.63) is 61.2 Å². The lowest BCUT2D eigenvalue weighted by molar-refractivity contribution is 1.11. The van der Waals surface area contributed by atoms with Gasteiger partial charge in [-0.25, -0.2) is 0 Å². The minimum absolute atomic E-state index is 0.862. The molecule has 2 N–H and O–H groups in total. The topological polar surface area (TPSA) is 83.1 Å². The molecule has 0 aliphatic rings. The predicted molar refractivity (Wildman–Crippen MR) is 92.2 cm³/mol. The minimum Gasteiger partial charge on any atom is -0.352 e. The molecular weight excluding hydrogens is 300 g/mol. The van der Waals surface area contributed by atoms with Crippen LogP contribution in [0.1, 0.15) is 0 Å². The van der Waals surface area contributed by atoms with Crippen molar-refractivity contribution in [3.8, 4) is 22.6 Å². The van der Waals surface area contributed by atoms with Gasteiger partial charge in [0.05, 0.1) is 34.1 Å². The zero-order valence-corrected chi connectivity index (χ0v) is 12.6. The fourth-order valence-electron chi connectivity index (χ4n) is 2.89. The van der Waals surface area contributed by atoms with Gasteiger partial charge in [-0.05, 0) is 36.4 Å². The van der Waals surface area contributed by atoms with Gasteiger partial charge in [-0.1, -0.05) is 0 Å². The van der Waals surface area contributed by atoms with E-state index in [0.717, 1.165) is 44.6 Å². The van der Waals surface area contributed by atoms with Crippen LogP contribution in [0, 0.1) is 0 Å². The molecule has 114 valence electrons. The average molecular weight is 312 g/mol. The molecule has 0 saturated heterocycles. The molecule has 5 rings (SSSR count). The van der Waals surface area contributed by atoms with Crippen LogP contribution in [0.25, 0.3) is 44.6 Å². The SMILES string of the molecule is c1cnc2cc(-c3n[nH]c4cnc(-c5ccncc5)cc34)[nH]c2c1. The first-order chi connectivity index (χ1) is 11.9. The van der Waals surface area contributed by atoms with Gasteiger partial charge in [-0.2, -0.15) is 5.10 Å². The van der Waals surface area contributed by atoms with Crippen molar-refractivity contribution < 1.29 is 0 Å². The van der Waals surface area contributed by atoms with Crippen LogP contribution >= 0.6 is 0 Å². The van der Waals surface area contributed by atoms with Gasteiger partial charge in [0.2, 0.25) is 0 Å². The number of hydrogen-bond acceptors (Lipinski definition) is 4. The largest absolute Gasteiger partial charge is 0.352 e. The number of aromatic amines is 2. The number of rotatable bonds is 2. The molecule has 0 atom stereocenters. The Kier molecular flexibility index (Phi) is 2.69. The molecule has 6 nitrogen and oxygen atoms in total. The van der Waals surface area contributed by atoms with Gasteiger partial charge in [0.15, 0.2) is 0 Å². The monoisotopic (exact) mass is 312 g/mol. The van der Waals surface area contributed by atoms with E-state index >= 15 is 0 Å². The number of aromatic nitrogens is 6. The summed E-state index contributed by atoms with van der Waals surface area (Å²) in [5.41, 5.74) is 6.52. The molecule has 5 heterocycles. The van der Waals surface area contributed by atoms with Crippen LogP contribution in [0.5, 0.6) is 0 Å². The molecule has 0 fully saturated rings. The molecule has 0 aliphatic carbocycles. The summed E-state index contributed by atoms with van der Waals surface area (Å²) in [5.74, 6) is 0. The van der Waals surface area contributed by atoms with E-state index in [-0.39, 0.29) is 0 Å². The summed E-state index contributed by atoms with van der Waals surface area (Å²) >= 11 is 0. The van der Waals surface area contributed by atoms with Gasteiger partial charge < -0.3 is 4.98 Å². The lowest BCUT2D eigenvalue weighted by Crippen LogP contribution is -1.84. The zero-order chi connectivity index (χ0) is 15.9. The standard InChI is InChI=1S/C18H12N6/c1-2-13-15(20-5-1)9-16(22-13)18-12-8-14(11-3-6-19-7-4-11)21-10-17(12)23-24-18/h1-10,22H,(H,23,24). The van der Waals surface area contributed by atoms with E-state index in [0.29, 0.717) is 0 Å². The fraction of sp³-hybridized carbons (Fsp3) is 0.